The lowest BCUT2D eigenvalue weighted by Gasteiger charge is -2.15. The van der Waals surface area contributed by atoms with E-state index in [9.17, 15) is 0 Å². The van der Waals surface area contributed by atoms with Gasteiger partial charge in [0, 0.05) is 11.6 Å². The summed E-state index contributed by atoms with van der Waals surface area (Å²) in [7, 11) is 0. The fraction of sp³-hybridized carbons (Fsp3) is 0.381. The summed E-state index contributed by atoms with van der Waals surface area (Å²) < 4.78 is 2.04. The minimum absolute atomic E-state index is 0.105. The number of imidazole rings is 1. The quantitative estimate of drug-likeness (QED) is 0.524. The molecular formula is C21H26N4. The third-order valence-electron chi connectivity index (χ3n) is 4.48. The normalized spacial score (nSPS) is 12.4. The molecular weight excluding hydrogens is 308 g/mol. The summed E-state index contributed by atoms with van der Waals surface area (Å²) >= 11 is 0. The molecule has 0 saturated heterocycles. The topological polar surface area (TPSA) is 42.0 Å². The molecule has 2 aromatic heterocycles. The van der Waals surface area contributed by atoms with E-state index in [-0.39, 0.29) is 5.41 Å². The van der Waals surface area contributed by atoms with Crippen LogP contribution in [0.2, 0.25) is 0 Å². The van der Waals surface area contributed by atoms with Crippen LogP contribution >= 0.6 is 0 Å². The number of aromatic nitrogens is 2. The first-order valence-electron chi connectivity index (χ1n) is 8.81. The van der Waals surface area contributed by atoms with Crippen LogP contribution in [0.25, 0.3) is 5.65 Å². The molecule has 0 N–H and O–H groups in total. The molecule has 0 aliphatic rings. The van der Waals surface area contributed by atoms with Crippen molar-refractivity contribution in [2.45, 2.75) is 53.4 Å². The van der Waals surface area contributed by atoms with Crippen molar-refractivity contribution >= 4 is 17.2 Å². The van der Waals surface area contributed by atoms with E-state index in [1.54, 1.807) is 0 Å². The zero-order valence-corrected chi connectivity index (χ0v) is 16.0. The maximum Gasteiger partial charge on any atom is 0.183 e. The highest BCUT2D eigenvalue weighted by molar-refractivity contribution is 5.59. The molecule has 0 fully saturated rings. The third kappa shape index (κ3) is 3.21. The van der Waals surface area contributed by atoms with Crippen LogP contribution in [-0.2, 0) is 11.8 Å². The highest BCUT2D eigenvalue weighted by Gasteiger charge is 2.24. The molecule has 4 nitrogen and oxygen atoms in total. The van der Waals surface area contributed by atoms with Gasteiger partial charge in [-0.3, -0.25) is 4.40 Å². The number of hydrogen-bond donors (Lipinski definition) is 0. The molecule has 3 rings (SSSR count). The average Bonchev–Trinajstić information content (AvgIpc) is 2.94. The van der Waals surface area contributed by atoms with Crippen molar-refractivity contribution in [2.75, 3.05) is 0 Å². The second-order valence-corrected chi connectivity index (χ2v) is 7.56. The van der Waals surface area contributed by atoms with E-state index < -0.39 is 0 Å². The summed E-state index contributed by atoms with van der Waals surface area (Å²) in [6, 6.07) is 10.4. The van der Waals surface area contributed by atoms with Crippen molar-refractivity contribution in [3.63, 3.8) is 0 Å². The Hall–Kier alpha value is -2.49. The fourth-order valence-corrected chi connectivity index (χ4v) is 3.04. The van der Waals surface area contributed by atoms with Crippen molar-refractivity contribution in [1.82, 2.24) is 9.38 Å². The van der Waals surface area contributed by atoms with Gasteiger partial charge in [0.25, 0.3) is 0 Å². The Kier molecular flexibility index (Phi) is 4.46. The smallest absolute Gasteiger partial charge is 0.183 e. The molecule has 1 aromatic carbocycles. The van der Waals surface area contributed by atoms with Crippen LogP contribution < -0.4 is 0 Å². The maximum absolute atomic E-state index is 4.87. The Labute approximate surface area is 149 Å². The van der Waals surface area contributed by atoms with E-state index in [0.717, 1.165) is 40.4 Å². The molecule has 0 amide bonds. The van der Waals surface area contributed by atoms with Crippen molar-refractivity contribution in [3.8, 4) is 0 Å². The van der Waals surface area contributed by atoms with Crippen LogP contribution in [0.4, 0.5) is 11.5 Å². The van der Waals surface area contributed by atoms with Gasteiger partial charge in [0.1, 0.15) is 5.65 Å². The lowest BCUT2D eigenvalue weighted by atomic mass is 9.92. The molecule has 0 radical (unpaired) electrons. The van der Waals surface area contributed by atoms with Crippen LogP contribution in [-0.4, -0.2) is 9.38 Å². The first-order chi connectivity index (χ1) is 11.8. The number of azo groups is 1. The van der Waals surface area contributed by atoms with Crippen molar-refractivity contribution in [3.05, 3.63) is 58.9 Å². The molecule has 0 aliphatic carbocycles. The largest absolute Gasteiger partial charge is 0.283 e. The van der Waals surface area contributed by atoms with Gasteiger partial charge in [0.05, 0.1) is 11.4 Å². The second kappa shape index (κ2) is 6.43. The fourth-order valence-electron chi connectivity index (χ4n) is 3.04. The summed E-state index contributed by atoms with van der Waals surface area (Å²) in [4.78, 5) is 4.87. The van der Waals surface area contributed by atoms with Gasteiger partial charge >= 0.3 is 0 Å². The van der Waals surface area contributed by atoms with Crippen LogP contribution in [0, 0.1) is 13.8 Å². The molecule has 4 heteroatoms. The Balaban J connectivity index is 2.21. The van der Waals surface area contributed by atoms with E-state index in [0.29, 0.717) is 0 Å². The summed E-state index contributed by atoms with van der Waals surface area (Å²) in [6.07, 6.45) is 2.95. The van der Waals surface area contributed by atoms with Crippen LogP contribution in [0.1, 0.15) is 50.1 Å². The Morgan fingerprint density at radius 1 is 1.00 bits per heavy atom. The Morgan fingerprint density at radius 3 is 2.40 bits per heavy atom. The second-order valence-electron chi connectivity index (χ2n) is 7.56. The Morgan fingerprint density at radius 2 is 1.72 bits per heavy atom. The lowest BCUT2D eigenvalue weighted by Crippen LogP contribution is -2.11. The number of fused-ring (bicyclic) bond motifs is 1. The number of nitrogens with zero attached hydrogens (tertiary/aromatic N) is 4. The van der Waals surface area contributed by atoms with Crippen LogP contribution in [0.3, 0.4) is 0 Å². The standard InChI is InChI=1S/C21H26N4/c1-7-16-12-8-10-14(2)17(16)23-24-20-18(21(4,5)6)22-19-15(3)11-9-13-25(19)20/h8-13H,7H2,1-6H3. The van der Waals surface area contributed by atoms with Gasteiger partial charge in [0.2, 0.25) is 0 Å². The van der Waals surface area contributed by atoms with E-state index in [1.807, 2.05) is 16.7 Å². The lowest BCUT2D eigenvalue weighted by molar-refractivity contribution is 0.573. The van der Waals surface area contributed by atoms with Gasteiger partial charge < -0.3 is 0 Å². The molecule has 3 aromatic rings. The van der Waals surface area contributed by atoms with Crippen molar-refractivity contribution in [2.24, 2.45) is 10.2 Å². The first-order valence-corrected chi connectivity index (χ1v) is 8.81. The van der Waals surface area contributed by atoms with Crippen molar-refractivity contribution in [1.29, 1.82) is 0 Å². The third-order valence-corrected chi connectivity index (χ3v) is 4.48. The predicted octanol–water partition coefficient (Wildman–Crippen LogP) is 6.23. The van der Waals surface area contributed by atoms with Crippen molar-refractivity contribution < 1.29 is 0 Å². The van der Waals surface area contributed by atoms with Gasteiger partial charge in [-0.15, -0.1) is 10.2 Å². The van der Waals surface area contributed by atoms with Gasteiger partial charge in [-0.05, 0) is 43.0 Å². The average molecular weight is 334 g/mol. The molecule has 130 valence electrons. The maximum atomic E-state index is 4.87. The van der Waals surface area contributed by atoms with Gasteiger partial charge in [-0.25, -0.2) is 4.98 Å². The first kappa shape index (κ1) is 17.3. The minimum atomic E-state index is -0.105. The van der Waals surface area contributed by atoms with E-state index >= 15 is 0 Å². The zero-order valence-electron chi connectivity index (χ0n) is 16.0. The molecule has 0 bridgehead atoms. The van der Waals surface area contributed by atoms with Crippen LogP contribution in [0.5, 0.6) is 0 Å². The molecule has 0 aliphatic heterocycles. The van der Waals surface area contributed by atoms with E-state index in [2.05, 4.69) is 76.0 Å². The number of benzene rings is 1. The number of pyridine rings is 1. The monoisotopic (exact) mass is 334 g/mol. The summed E-state index contributed by atoms with van der Waals surface area (Å²) in [5.74, 6) is 0.816. The zero-order chi connectivity index (χ0) is 18.2. The number of aryl methyl sites for hydroxylation is 3. The van der Waals surface area contributed by atoms with Crippen LogP contribution in [0.15, 0.2) is 46.8 Å². The highest BCUT2D eigenvalue weighted by atomic mass is 15.2. The highest BCUT2D eigenvalue weighted by Crippen LogP contribution is 2.34. The number of hydrogen-bond acceptors (Lipinski definition) is 3. The van der Waals surface area contributed by atoms with Gasteiger partial charge in [0.15, 0.2) is 5.82 Å². The summed E-state index contributed by atoms with van der Waals surface area (Å²) in [5, 5.41) is 9.30. The molecule has 0 spiro atoms. The minimum Gasteiger partial charge on any atom is -0.283 e. The SMILES string of the molecule is CCc1cccc(C)c1N=Nc1c(C(C)(C)C)nc2c(C)cccn12. The van der Waals surface area contributed by atoms with E-state index in [1.165, 1.54) is 5.56 Å². The molecule has 0 unspecified atom stereocenters. The predicted molar refractivity (Wildman–Crippen MR) is 103 cm³/mol. The summed E-state index contributed by atoms with van der Waals surface area (Å²) in [5.41, 5.74) is 6.27. The Bertz CT molecular complexity index is 942. The molecule has 0 saturated carbocycles. The molecule has 0 atom stereocenters. The van der Waals surface area contributed by atoms with E-state index in [4.69, 9.17) is 4.98 Å². The number of rotatable bonds is 3. The summed E-state index contributed by atoms with van der Waals surface area (Å²) in [6.45, 7) is 12.8. The molecule has 25 heavy (non-hydrogen) atoms. The van der Waals surface area contributed by atoms with Gasteiger partial charge in [-0.2, -0.15) is 0 Å². The van der Waals surface area contributed by atoms with Gasteiger partial charge in [-0.1, -0.05) is 52.0 Å². The molecule has 2 heterocycles.